The summed E-state index contributed by atoms with van der Waals surface area (Å²) < 4.78 is 13.1. The largest absolute Gasteiger partial charge is 0.494 e. The van der Waals surface area contributed by atoms with Crippen LogP contribution in [0.1, 0.15) is 129 Å². The maximum Gasteiger partial charge on any atom is 0.307 e. The summed E-state index contributed by atoms with van der Waals surface area (Å²) in [6.45, 7) is 8.27. The predicted octanol–water partition coefficient (Wildman–Crippen LogP) is 10.8. The number of carbonyl (C=O) groups is 2. The fourth-order valence-electron chi connectivity index (χ4n) is 7.94. The predicted molar refractivity (Wildman–Crippen MR) is 221 cm³/mol. The Kier molecular flexibility index (Phi) is 18.3. The molecule has 0 spiro atoms. The van der Waals surface area contributed by atoms with Crippen molar-refractivity contribution in [1.29, 1.82) is 0 Å². The lowest BCUT2D eigenvalue weighted by molar-refractivity contribution is -0.153. The maximum atomic E-state index is 12.8. The minimum atomic E-state index is -0.220. The molecule has 2 atom stereocenters. The van der Waals surface area contributed by atoms with Crippen LogP contribution < -0.4 is 4.90 Å². The van der Waals surface area contributed by atoms with Crippen molar-refractivity contribution in [2.45, 2.75) is 135 Å². The number of fused-ring (bicyclic) bond motifs is 2. The second kappa shape index (κ2) is 23.6. The molecular formula is C45H67N3O4S. The number of esters is 1. The number of amides is 1. The van der Waals surface area contributed by atoms with E-state index in [0.29, 0.717) is 13.0 Å². The van der Waals surface area contributed by atoms with Gasteiger partial charge in [0.1, 0.15) is 5.76 Å². The molecule has 1 aromatic heterocycles. The fraction of sp³-hybridized carbons (Fsp3) is 0.644. The van der Waals surface area contributed by atoms with Gasteiger partial charge in [0.15, 0.2) is 6.73 Å². The first-order valence-electron chi connectivity index (χ1n) is 21.2. The Bertz CT molecular complexity index is 1460. The zero-order chi connectivity index (χ0) is 36.9. The van der Waals surface area contributed by atoms with Gasteiger partial charge in [-0.25, -0.2) is 0 Å². The first-order valence-corrected chi connectivity index (χ1v) is 22.1. The minimum Gasteiger partial charge on any atom is -0.494 e. The normalized spacial score (nSPS) is 18.8. The molecule has 7 nitrogen and oxygen atoms in total. The molecule has 0 radical (unpaired) electrons. The van der Waals surface area contributed by atoms with E-state index in [2.05, 4.69) is 52.4 Å². The highest BCUT2D eigenvalue weighted by Crippen LogP contribution is 2.31. The number of piperazine rings is 1. The Labute approximate surface area is 324 Å². The highest BCUT2D eigenvalue weighted by molar-refractivity contribution is 7.17. The van der Waals surface area contributed by atoms with Crippen molar-refractivity contribution in [2.24, 2.45) is 5.92 Å². The third kappa shape index (κ3) is 13.9. The van der Waals surface area contributed by atoms with Crippen LogP contribution in [0.4, 0.5) is 5.69 Å². The molecule has 1 fully saturated rings. The maximum absolute atomic E-state index is 12.8. The third-order valence-electron chi connectivity index (χ3n) is 11.2. The van der Waals surface area contributed by atoms with Crippen molar-refractivity contribution in [2.75, 3.05) is 51.0 Å². The molecule has 5 rings (SSSR count). The second-order valence-electron chi connectivity index (χ2n) is 15.4. The summed E-state index contributed by atoms with van der Waals surface area (Å²) in [5.41, 5.74) is 1.37. The summed E-state index contributed by atoms with van der Waals surface area (Å²) in [6.07, 6.45) is 33.0. The van der Waals surface area contributed by atoms with Crippen molar-refractivity contribution < 1.29 is 19.1 Å². The second-order valence-corrected chi connectivity index (χ2v) is 16.3. The number of hydrogen-bond donors (Lipinski definition) is 0. The van der Waals surface area contributed by atoms with Crippen LogP contribution in [0.2, 0.25) is 0 Å². The van der Waals surface area contributed by atoms with Gasteiger partial charge in [-0.3, -0.25) is 19.4 Å². The number of nitrogens with zero attached hydrogens (tertiary/aromatic N) is 3. The lowest BCUT2D eigenvalue weighted by Crippen LogP contribution is -2.47. The van der Waals surface area contributed by atoms with Crippen LogP contribution in [0.5, 0.6) is 0 Å². The average molecular weight is 746 g/mol. The van der Waals surface area contributed by atoms with Gasteiger partial charge in [0.05, 0.1) is 12.6 Å². The third-order valence-corrected chi connectivity index (χ3v) is 12.1. The highest BCUT2D eigenvalue weighted by Gasteiger charge is 2.32. The van der Waals surface area contributed by atoms with E-state index < -0.39 is 0 Å². The summed E-state index contributed by atoms with van der Waals surface area (Å²) in [5, 5.41) is 3.56. The van der Waals surface area contributed by atoms with Crippen LogP contribution in [0.3, 0.4) is 0 Å². The van der Waals surface area contributed by atoms with Crippen molar-refractivity contribution in [1.82, 2.24) is 9.80 Å². The van der Waals surface area contributed by atoms with Gasteiger partial charge in [-0.05, 0) is 67.6 Å². The molecule has 2 unspecified atom stereocenters. The van der Waals surface area contributed by atoms with Crippen LogP contribution in [0, 0.1) is 5.92 Å². The molecular weight excluding hydrogens is 679 g/mol. The standard InChI is InChI=1S/C45H67N3O4S/c1-2-3-4-5-6-7-8-9-10-11-12-13-14-15-16-17-23-45(50)52-37-48-42-36-39(26-24-38(42)25-27-44(48)49)51-34-19-18-29-46-30-32-47(33-31-46)41-21-20-22-43-40(41)28-35-53-43/h20-22,24-28,35-36,38,42H,2-19,23,29-34,37H2,1H3. The molecule has 0 N–H and O–H groups in total. The van der Waals surface area contributed by atoms with E-state index in [1.165, 1.54) is 106 Å². The molecule has 53 heavy (non-hydrogen) atoms. The zero-order valence-electron chi connectivity index (χ0n) is 32.7. The first kappa shape index (κ1) is 41.1. The van der Waals surface area contributed by atoms with Gasteiger partial charge in [-0.2, -0.15) is 0 Å². The summed E-state index contributed by atoms with van der Waals surface area (Å²) in [6, 6.07) is 8.69. The lowest BCUT2D eigenvalue weighted by Gasteiger charge is -2.36. The SMILES string of the molecule is CCCCCCCCCCCCCCCCCCC(=O)OCN1C(=O)C=CC2C=CC(OCCCCN3CCN(c4cccc5sccc45)CC3)=CC21. The number of anilines is 1. The van der Waals surface area contributed by atoms with Crippen LogP contribution in [-0.4, -0.2) is 73.8 Å². The Balaban J connectivity index is 0.885. The number of hydrogen-bond acceptors (Lipinski definition) is 7. The molecule has 3 heterocycles. The smallest absolute Gasteiger partial charge is 0.307 e. The van der Waals surface area contributed by atoms with E-state index in [-0.39, 0.29) is 30.6 Å². The summed E-state index contributed by atoms with van der Waals surface area (Å²) in [4.78, 5) is 32.1. The summed E-state index contributed by atoms with van der Waals surface area (Å²) in [7, 11) is 0. The molecule has 3 aliphatic rings. The van der Waals surface area contributed by atoms with Crippen molar-refractivity contribution in [3.63, 3.8) is 0 Å². The van der Waals surface area contributed by atoms with Crippen molar-refractivity contribution in [3.8, 4) is 0 Å². The molecule has 1 aromatic carbocycles. The van der Waals surface area contributed by atoms with Gasteiger partial charge in [-0.1, -0.05) is 121 Å². The number of unbranched alkanes of at least 4 members (excludes halogenated alkanes) is 16. The number of allylic oxidation sites excluding steroid dienone is 1. The minimum absolute atomic E-state index is 0.0185. The van der Waals surface area contributed by atoms with E-state index in [1.807, 2.05) is 29.6 Å². The van der Waals surface area contributed by atoms with Crippen molar-refractivity contribution >= 4 is 39.0 Å². The zero-order valence-corrected chi connectivity index (χ0v) is 33.5. The molecule has 2 aromatic rings. The van der Waals surface area contributed by atoms with Gasteiger partial charge in [0.2, 0.25) is 5.91 Å². The highest BCUT2D eigenvalue weighted by atomic mass is 32.1. The number of carbonyl (C=O) groups excluding carboxylic acids is 2. The number of rotatable bonds is 26. The van der Waals surface area contributed by atoms with E-state index in [9.17, 15) is 9.59 Å². The Hall–Kier alpha value is -3.10. The van der Waals surface area contributed by atoms with E-state index >= 15 is 0 Å². The van der Waals surface area contributed by atoms with Gasteiger partial charge in [0.25, 0.3) is 0 Å². The molecule has 1 saturated heterocycles. The summed E-state index contributed by atoms with van der Waals surface area (Å²) in [5.74, 6) is 0.501. The average Bonchev–Trinajstić information content (AvgIpc) is 3.67. The Morgan fingerprint density at radius 2 is 1.43 bits per heavy atom. The number of thiophene rings is 1. The number of ether oxygens (including phenoxy) is 2. The molecule has 0 bridgehead atoms. The van der Waals surface area contributed by atoms with Crippen LogP contribution in [-0.2, 0) is 19.1 Å². The van der Waals surface area contributed by atoms with Gasteiger partial charge >= 0.3 is 5.97 Å². The van der Waals surface area contributed by atoms with Gasteiger partial charge in [0, 0.05) is 54.3 Å². The topological polar surface area (TPSA) is 62.3 Å². The van der Waals surface area contributed by atoms with Crippen molar-refractivity contribution in [3.05, 3.63) is 65.8 Å². The van der Waals surface area contributed by atoms with Gasteiger partial charge in [-0.15, -0.1) is 11.3 Å². The Morgan fingerprint density at radius 3 is 2.13 bits per heavy atom. The molecule has 1 amide bonds. The molecule has 0 saturated carbocycles. The molecule has 2 aliphatic heterocycles. The quantitative estimate of drug-likeness (QED) is 0.0706. The Morgan fingerprint density at radius 1 is 0.774 bits per heavy atom. The van der Waals surface area contributed by atoms with Crippen LogP contribution in [0.15, 0.2) is 65.8 Å². The molecule has 292 valence electrons. The monoisotopic (exact) mass is 745 g/mol. The van der Waals surface area contributed by atoms with Crippen LogP contribution in [0.25, 0.3) is 10.1 Å². The van der Waals surface area contributed by atoms with Crippen LogP contribution >= 0.6 is 11.3 Å². The summed E-state index contributed by atoms with van der Waals surface area (Å²) >= 11 is 1.81. The fourth-order valence-corrected chi connectivity index (χ4v) is 8.74. The van der Waals surface area contributed by atoms with E-state index in [4.69, 9.17) is 9.47 Å². The first-order chi connectivity index (χ1) is 26.1. The lowest BCUT2D eigenvalue weighted by atomic mass is 9.90. The van der Waals surface area contributed by atoms with E-state index in [0.717, 1.165) is 64.2 Å². The molecule has 1 aliphatic carbocycles. The van der Waals surface area contributed by atoms with Gasteiger partial charge < -0.3 is 14.4 Å². The number of benzene rings is 1. The van der Waals surface area contributed by atoms with E-state index in [1.54, 1.807) is 11.0 Å². The molecule has 8 heteroatoms.